The molecule has 0 bridgehead atoms. The molecule has 1 amide bonds. The molecule has 2 aliphatic heterocycles. The molecule has 3 N–H and O–H groups in total. The molecule has 0 radical (unpaired) electrons. The van der Waals surface area contributed by atoms with E-state index in [1.807, 2.05) is 35.2 Å². The summed E-state index contributed by atoms with van der Waals surface area (Å²) in [5, 5.41) is 9.45. The molecule has 2 atom stereocenters. The van der Waals surface area contributed by atoms with Gasteiger partial charge in [0.1, 0.15) is 5.75 Å². The summed E-state index contributed by atoms with van der Waals surface area (Å²) in [6, 6.07) is 17.7. The Hall–Kier alpha value is -2.37. The first-order valence-corrected chi connectivity index (χ1v) is 9.33. The van der Waals surface area contributed by atoms with Gasteiger partial charge in [-0.25, -0.2) is 5.43 Å². The highest BCUT2D eigenvalue weighted by atomic mass is 16.3. The van der Waals surface area contributed by atoms with Crippen LogP contribution >= 0.6 is 0 Å². The van der Waals surface area contributed by atoms with Gasteiger partial charge in [-0.15, -0.1) is 0 Å². The molecule has 5 heteroatoms. The van der Waals surface area contributed by atoms with Crippen LogP contribution in [0.15, 0.2) is 54.6 Å². The van der Waals surface area contributed by atoms with Gasteiger partial charge in [0.25, 0.3) is 0 Å². The van der Waals surface area contributed by atoms with Gasteiger partial charge in [0.05, 0.1) is 12.0 Å². The third-order valence-corrected chi connectivity index (χ3v) is 5.63. The first-order valence-electron chi connectivity index (χ1n) is 9.33. The Labute approximate surface area is 154 Å². The summed E-state index contributed by atoms with van der Waals surface area (Å²) in [7, 11) is 0. The summed E-state index contributed by atoms with van der Waals surface area (Å²) in [6.45, 7) is 2.25. The Morgan fingerprint density at radius 2 is 1.65 bits per heavy atom. The number of phenols is 1. The van der Waals surface area contributed by atoms with E-state index in [0.29, 0.717) is 18.2 Å². The number of likely N-dealkylation sites (tertiary alicyclic amines) is 1. The number of nitrogens with zero attached hydrogens (tertiary/aromatic N) is 1. The lowest BCUT2D eigenvalue weighted by atomic mass is 9.88. The summed E-state index contributed by atoms with van der Waals surface area (Å²) in [6.07, 6.45) is 1.94. The minimum absolute atomic E-state index is 0.0264. The highest BCUT2D eigenvalue weighted by Gasteiger charge is 2.37. The average molecular weight is 351 g/mol. The number of benzene rings is 2. The number of carbonyl (C=O) groups excluding carboxylic acids is 1. The van der Waals surface area contributed by atoms with Crippen LogP contribution < -0.4 is 10.9 Å². The molecule has 4 rings (SSSR count). The highest BCUT2D eigenvalue weighted by molar-refractivity contribution is 5.80. The number of hydrogen-bond donors (Lipinski definition) is 3. The van der Waals surface area contributed by atoms with Crippen molar-refractivity contribution < 1.29 is 9.90 Å². The fourth-order valence-electron chi connectivity index (χ4n) is 4.12. The quantitative estimate of drug-likeness (QED) is 0.795. The summed E-state index contributed by atoms with van der Waals surface area (Å²) < 4.78 is 0. The maximum atomic E-state index is 13.1. The van der Waals surface area contributed by atoms with Crippen LogP contribution in [0.5, 0.6) is 5.75 Å². The van der Waals surface area contributed by atoms with Gasteiger partial charge in [0, 0.05) is 19.6 Å². The highest BCUT2D eigenvalue weighted by Crippen LogP contribution is 2.32. The number of carbonyl (C=O) groups is 1. The summed E-state index contributed by atoms with van der Waals surface area (Å²) in [5.74, 6) is 0.932. The lowest BCUT2D eigenvalue weighted by Gasteiger charge is -2.34. The van der Waals surface area contributed by atoms with E-state index in [0.717, 1.165) is 31.5 Å². The van der Waals surface area contributed by atoms with Gasteiger partial charge in [-0.05, 0) is 42.0 Å². The van der Waals surface area contributed by atoms with Crippen LogP contribution in [-0.2, 0) is 4.79 Å². The molecule has 0 spiro atoms. The van der Waals surface area contributed by atoms with Crippen molar-refractivity contribution in [2.75, 3.05) is 19.6 Å². The number of hydrazine groups is 1. The number of aromatic hydroxyl groups is 1. The molecule has 136 valence electrons. The Balaban J connectivity index is 1.39. The van der Waals surface area contributed by atoms with Crippen LogP contribution in [0.4, 0.5) is 0 Å². The van der Waals surface area contributed by atoms with Gasteiger partial charge in [-0.1, -0.05) is 42.5 Å². The van der Waals surface area contributed by atoms with Crippen LogP contribution in [0.2, 0.25) is 0 Å². The SMILES string of the molecule is O=C(C1CNNC1c1ccccc1)N1CCC(c2ccc(O)cc2)CC1. The Morgan fingerprint density at radius 3 is 2.35 bits per heavy atom. The monoisotopic (exact) mass is 351 g/mol. The van der Waals surface area contributed by atoms with Crippen molar-refractivity contribution in [1.29, 1.82) is 0 Å². The minimum Gasteiger partial charge on any atom is -0.508 e. The van der Waals surface area contributed by atoms with E-state index in [1.54, 1.807) is 12.1 Å². The van der Waals surface area contributed by atoms with E-state index in [4.69, 9.17) is 0 Å². The second-order valence-corrected chi connectivity index (χ2v) is 7.21. The fourth-order valence-corrected chi connectivity index (χ4v) is 4.12. The number of phenolic OH excluding ortho intramolecular Hbond substituents is 1. The summed E-state index contributed by atoms with van der Waals surface area (Å²) >= 11 is 0. The van der Waals surface area contributed by atoms with Crippen LogP contribution in [0, 0.1) is 5.92 Å². The molecule has 2 saturated heterocycles. The smallest absolute Gasteiger partial charge is 0.229 e. The molecule has 2 fully saturated rings. The van der Waals surface area contributed by atoms with Gasteiger partial charge >= 0.3 is 0 Å². The Bertz CT molecular complexity index is 740. The van der Waals surface area contributed by atoms with Crippen LogP contribution in [0.25, 0.3) is 0 Å². The topological polar surface area (TPSA) is 64.6 Å². The summed E-state index contributed by atoms with van der Waals surface area (Å²) in [4.78, 5) is 15.1. The molecule has 2 heterocycles. The zero-order chi connectivity index (χ0) is 17.9. The van der Waals surface area contributed by atoms with E-state index in [9.17, 15) is 9.90 Å². The largest absolute Gasteiger partial charge is 0.508 e. The molecule has 5 nitrogen and oxygen atoms in total. The third-order valence-electron chi connectivity index (χ3n) is 5.63. The zero-order valence-electron chi connectivity index (χ0n) is 14.8. The van der Waals surface area contributed by atoms with E-state index >= 15 is 0 Å². The van der Waals surface area contributed by atoms with Crippen molar-refractivity contribution >= 4 is 5.91 Å². The molecule has 2 unspecified atom stereocenters. The summed E-state index contributed by atoms with van der Waals surface area (Å²) in [5.41, 5.74) is 8.82. The van der Waals surface area contributed by atoms with Crippen molar-refractivity contribution in [2.24, 2.45) is 5.92 Å². The molecule has 26 heavy (non-hydrogen) atoms. The molecular formula is C21H25N3O2. The van der Waals surface area contributed by atoms with Crippen molar-refractivity contribution in [3.8, 4) is 5.75 Å². The van der Waals surface area contributed by atoms with Gasteiger partial charge in [0.2, 0.25) is 5.91 Å². The number of amides is 1. The van der Waals surface area contributed by atoms with E-state index in [1.165, 1.54) is 5.56 Å². The predicted molar refractivity (Wildman–Crippen MR) is 100 cm³/mol. The second kappa shape index (κ2) is 7.48. The molecule has 2 aliphatic rings. The normalized spacial score (nSPS) is 23.9. The first-order chi connectivity index (χ1) is 12.7. The van der Waals surface area contributed by atoms with Crippen molar-refractivity contribution in [1.82, 2.24) is 15.8 Å². The van der Waals surface area contributed by atoms with E-state index in [-0.39, 0.29) is 17.9 Å². The van der Waals surface area contributed by atoms with Gasteiger partial charge in [-0.3, -0.25) is 10.2 Å². The number of hydrogen-bond acceptors (Lipinski definition) is 4. The molecule has 0 saturated carbocycles. The number of rotatable bonds is 3. The number of nitrogens with one attached hydrogen (secondary N) is 2. The first kappa shape index (κ1) is 17.1. The van der Waals surface area contributed by atoms with Crippen molar-refractivity contribution in [3.63, 3.8) is 0 Å². The predicted octanol–water partition coefficient (Wildman–Crippen LogP) is 2.56. The van der Waals surface area contributed by atoms with Gasteiger partial charge in [0.15, 0.2) is 0 Å². The van der Waals surface area contributed by atoms with Gasteiger partial charge in [-0.2, -0.15) is 0 Å². The maximum absolute atomic E-state index is 13.1. The molecular weight excluding hydrogens is 326 g/mol. The van der Waals surface area contributed by atoms with Crippen LogP contribution in [0.3, 0.4) is 0 Å². The van der Waals surface area contributed by atoms with Crippen molar-refractivity contribution in [3.05, 3.63) is 65.7 Å². The van der Waals surface area contributed by atoms with Crippen LogP contribution in [-0.4, -0.2) is 35.5 Å². The van der Waals surface area contributed by atoms with Crippen LogP contribution in [0.1, 0.15) is 35.9 Å². The Morgan fingerprint density at radius 1 is 0.962 bits per heavy atom. The standard InChI is InChI=1S/C21H25N3O2/c25-18-8-6-15(7-9-18)16-10-12-24(13-11-16)21(26)19-14-22-23-20(19)17-4-2-1-3-5-17/h1-9,16,19-20,22-23,25H,10-14H2. The molecule has 0 aliphatic carbocycles. The molecule has 2 aromatic rings. The lowest BCUT2D eigenvalue weighted by Crippen LogP contribution is -2.43. The minimum atomic E-state index is -0.0670. The molecule has 2 aromatic carbocycles. The second-order valence-electron chi connectivity index (χ2n) is 7.21. The fraction of sp³-hybridized carbons (Fsp3) is 0.381. The zero-order valence-corrected chi connectivity index (χ0v) is 14.8. The van der Waals surface area contributed by atoms with Crippen molar-refractivity contribution in [2.45, 2.75) is 24.8 Å². The van der Waals surface area contributed by atoms with E-state index in [2.05, 4.69) is 23.0 Å². The third kappa shape index (κ3) is 3.45. The lowest BCUT2D eigenvalue weighted by molar-refractivity contribution is -0.136. The Kier molecular flexibility index (Phi) is 4.91. The number of piperidine rings is 1. The maximum Gasteiger partial charge on any atom is 0.229 e. The average Bonchev–Trinajstić information content (AvgIpc) is 3.19. The molecule has 0 aromatic heterocycles. The van der Waals surface area contributed by atoms with E-state index < -0.39 is 0 Å². The van der Waals surface area contributed by atoms with Gasteiger partial charge < -0.3 is 10.0 Å².